The maximum absolute atomic E-state index is 10.0. The molecule has 1 aliphatic rings. The minimum absolute atomic E-state index is 0.138. The third-order valence-electron chi connectivity index (χ3n) is 6.83. The first-order chi connectivity index (χ1) is 20.5. The van der Waals surface area contributed by atoms with E-state index in [4.69, 9.17) is 28.5 Å². The number of pyridine rings is 1. The highest BCUT2D eigenvalue weighted by Gasteiger charge is 2.25. The summed E-state index contributed by atoms with van der Waals surface area (Å²) in [6.07, 6.45) is 4.19. The first-order valence-corrected chi connectivity index (χ1v) is 13.9. The summed E-state index contributed by atoms with van der Waals surface area (Å²) in [5, 5.41) is 38.7. The molecule has 3 aromatic carbocycles. The number of rotatable bonds is 10. The minimum Gasteiger partial charge on any atom is -0.377 e. The van der Waals surface area contributed by atoms with Crippen LogP contribution in [0.1, 0.15) is 41.6 Å². The molecule has 0 unspecified atom stereocenters. The summed E-state index contributed by atoms with van der Waals surface area (Å²) in [5.74, 6) is 0. The normalized spacial score (nSPS) is 13.7. The predicted octanol–water partition coefficient (Wildman–Crippen LogP) is 6.71. The summed E-state index contributed by atoms with van der Waals surface area (Å²) in [7, 11) is 0. The standard InChI is InChI=1S/C31H25Cl2N9/c32-25-10-5-4-9-23(25)31(28-19-42(14-13-35)41-40-28)38-22-15-24-29(21(17-36)18-37-30(24)26(33)16-22)39-27(11-6-12-34)20-7-2-1-3-8-20/h1-5,7-10,15-16,18-19,27,31,38,40-41H,6,11,14H2,(H,37,39)/t27-,31+/m1/s1. The number of hydrazine groups is 2. The third kappa shape index (κ3) is 6.17. The molecule has 0 saturated carbocycles. The van der Waals surface area contributed by atoms with Gasteiger partial charge in [0.25, 0.3) is 0 Å². The second-order valence-electron chi connectivity index (χ2n) is 9.52. The van der Waals surface area contributed by atoms with E-state index >= 15 is 0 Å². The zero-order valence-electron chi connectivity index (χ0n) is 22.3. The minimum atomic E-state index is -0.445. The van der Waals surface area contributed by atoms with Crippen LogP contribution in [0.15, 0.2) is 84.8 Å². The lowest BCUT2D eigenvalue weighted by Crippen LogP contribution is -2.37. The average molecular weight is 595 g/mol. The molecular formula is C31H25Cl2N9. The van der Waals surface area contributed by atoms with Gasteiger partial charge in [-0.3, -0.25) is 9.99 Å². The Hall–Kier alpha value is -4.98. The summed E-state index contributed by atoms with van der Waals surface area (Å²) in [6, 6.07) is 26.9. The van der Waals surface area contributed by atoms with Crippen LogP contribution in [0.25, 0.3) is 10.9 Å². The molecule has 1 aromatic heterocycles. The Kier molecular flexibility index (Phi) is 8.92. The Morgan fingerprint density at radius 3 is 2.45 bits per heavy atom. The molecule has 2 heterocycles. The van der Waals surface area contributed by atoms with E-state index in [0.717, 1.165) is 16.8 Å². The number of hydrogen-bond donors (Lipinski definition) is 4. The highest BCUT2D eigenvalue weighted by molar-refractivity contribution is 6.36. The fourth-order valence-electron chi connectivity index (χ4n) is 4.85. The van der Waals surface area contributed by atoms with Crippen molar-refractivity contribution in [2.45, 2.75) is 24.9 Å². The number of anilines is 2. The van der Waals surface area contributed by atoms with Crippen molar-refractivity contribution in [3.05, 3.63) is 112 Å². The van der Waals surface area contributed by atoms with Crippen molar-refractivity contribution in [3.63, 3.8) is 0 Å². The highest BCUT2D eigenvalue weighted by atomic mass is 35.5. The molecule has 0 amide bonds. The van der Waals surface area contributed by atoms with E-state index in [1.807, 2.05) is 60.7 Å². The molecule has 0 aliphatic carbocycles. The van der Waals surface area contributed by atoms with Crippen molar-refractivity contribution in [1.82, 2.24) is 21.0 Å². The molecule has 9 nitrogen and oxygen atoms in total. The van der Waals surface area contributed by atoms with Crippen molar-refractivity contribution < 1.29 is 0 Å². The third-order valence-corrected chi connectivity index (χ3v) is 7.46. The molecule has 0 radical (unpaired) electrons. The quantitative estimate of drug-likeness (QED) is 0.148. The first kappa shape index (κ1) is 28.5. The fraction of sp³-hybridized carbons (Fsp3) is 0.161. The van der Waals surface area contributed by atoms with Crippen LogP contribution in [-0.4, -0.2) is 16.5 Å². The second-order valence-corrected chi connectivity index (χ2v) is 10.3. The zero-order valence-corrected chi connectivity index (χ0v) is 23.8. The van der Waals surface area contributed by atoms with E-state index in [0.29, 0.717) is 50.7 Å². The summed E-state index contributed by atoms with van der Waals surface area (Å²) in [6.45, 7) is 0.138. The van der Waals surface area contributed by atoms with Gasteiger partial charge in [0.1, 0.15) is 12.6 Å². The Morgan fingerprint density at radius 2 is 1.71 bits per heavy atom. The Bertz CT molecular complexity index is 1750. The Balaban J connectivity index is 1.59. The average Bonchev–Trinajstić information content (AvgIpc) is 3.47. The number of nitrogens with one attached hydrogen (secondary N) is 4. The van der Waals surface area contributed by atoms with Crippen LogP contribution in [0.2, 0.25) is 10.0 Å². The van der Waals surface area contributed by atoms with Gasteiger partial charge in [-0.25, -0.2) is 0 Å². The van der Waals surface area contributed by atoms with Gasteiger partial charge in [0, 0.05) is 34.9 Å². The first-order valence-electron chi connectivity index (χ1n) is 13.1. The monoisotopic (exact) mass is 593 g/mol. The second kappa shape index (κ2) is 13.1. The van der Waals surface area contributed by atoms with Gasteiger partial charge in [-0.1, -0.05) is 71.7 Å². The molecular weight excluding hydrogens is 569 g/mol. The van der Waals surface area contributed by atoms with Gasteiger partial charge >= 0.3 is 0 Å². The van der Waals surface area contributed by atoms with Crippen molar-refractivity contribution in [2.75, 3.05) is 17.2 Å². The number of nitrogens with zero attached hydrogens (tertiary/aromatic N) is 5. The van der Waals surface area contributed by atoms with Gasteiger partial charge in [0.2, 0.25) is 0 Å². The number of fused-ring (bicyclic) bond motifs is 1. The summed E-state index contributed by atoms with van der Waals surface area (Å²) >= 11 is 13.4. The van der Waals surface area contributed by atoms with Crippen LogP contribution in [0.3, 0.4) is 0 Å². The van der Waals surface area contributed by atoms with Crippen molar-refractivity contribution in [3.8, 4) is 18.2 Å². The lowest BCUT2D eigenvalue weighted by atomic mass is 10.00. The molecule has 0 saturated heterocycles. The van der Waals surface area contributed by atoms with E-state index in [-0.39, 0.29) is 12.6 Å². The molecule has 2 atom stereocenters. The van der Waals surface area contributed by atoms with Crippen molar-refractivity contribution in [2.24, 2.45) is 0 Å². The van der Waals surface area contributed by atoms with Crippen LogP contribution in [0, 0.1) is 34.0 Å². The van der Waals surface area contributed by atoms with Crippen LogP contribution < -0.4 is 21.6 Å². The maximum atomic E-state index is 10.0. The Labute approximate surface area is 253 Å². The van der Waals surface area contributed by atoms with Gasteiger partial charge in [0.15, 0.2) is 0 Å². The molecule has 4 aromatic rings. The lowest BCUT2D eigenvalue weighted by molar-refractivity contribution is 0.300. The van der Waals surface area contributed by atoms with Crippen LogP contribution in [0.4, 0.5) is 11.4 Å². The molecule has 0 fully saturated rings. The lowest BCUT2D eigenvalue weighted by Gasteiger charge is -2.24. The zero-order chi connectivity index (χ0) is 29.5. The summed E-state index contributed by atoms with van der Waals surface area (Å²) < 4.78 is 0. The van der Waals surface area contributed by atoms with Crippen molar-refractivity contribution in [1.29, 1.82) is 15.8 Å². The number of aromatic nitrogens is 1. The molecule has 0 spiro atoms. The molecule has 0 bridgehead atoms. The Morgan fingerprint density at radius 1 is 0.929 bits per heavy atom. The fourth-order valence-corrected chi connectivity index (χ4v) is 5.36. The molecule has 1 aliphatic heterocycles. The topological polar surface area (TPSA) is 136 Å². The predicted molar refractivity (Wildman–Crippen MR) is 164 cm³/mol. The van der Waals surface area contributed by atoms with Crippen LogP contribution in [-0.2, 0) is 0 Å². The maximum Gasteiger partial charge on any atom is 0.122 e. The molecule has 42 heavy (non-hydrogen) atoms. The molecule has 208 valence electrons. The van der Waals surface area contributed by atoms with Gasteiger partial charge in [-0.15, -0.1) is 5.53 Å². The van der Waals surface area contributed by atoms with Crippen LogP contribution in [0.5, 0.6) is 0 Å². The SMILES string of the molecule is N#CCC[C@@H](Nc1c(C#N)cnc2c(Cl)cc(N[C@H](C3=CN(CC#N)NN3)c3ccccc3Cl)cc12)c1ccccc1. The van der Waals surface area contributed by atoms with Gasteiger partial charge in [-0.2, -0.15) is 15.8 Å². The van der Waals surface area contributed by atoms with E-state index < -0.39 is 6.04 Å². The molecule has 5 rings (SSSR count). The van der Waals surface area contributed by atoms with Gasteiger partial charge < -0.3 is 16.1 Å². The number of halogens is 2. The van der Waals surface area contributed by atoms with E-state index in [9.17, 15) is 10.5 Å². The van der Waals surface area contributed by atoms with Gasteiger partial charge in [-0.05, 0) is 35.7 Å². The van der Waals surface area contributed by atoms with E-state index in [2.05, 4.69) is 44.8 Å². The van der Waals surface area contributed by atoms with E-state index in [1.54, 1.807) is 17.3 Å². The molecule has 11 heteroatoms. The highest BCUT2D eigenvalue weighted by Crippen LogP contribution is 2.38. The largest absolute Gasteiger partial charge is 0.377 e. The summed E-state index contributed by atoms with van der Waals surface area (Å²) in [5.41, 5.74) is 10.7. The number of nitriles is 3. The van der Waals surface area contributed by atoms with Gasteiger partial charge in [0.05, 0.1) is 51.7 Å². The molecule has 4 N–H and O–H groups in total. The number of benzene rings is 3. The smallest absolute Gasteiger partial charge is 0.122 e. The van der Waals surface area contributed by atoms with Crippen LogP contribution >= 0.6 is 23.2 Å². The summed E-state index contributed by atoms with van der Waals surface area (Å²) in [4.78, 5) is 4.49. The number of hydrogen-bond acceptors (Lipinski definition) is 9. The van der Waals surface area contributed by atoms with Crippen molar-refractivity contribution >= 4 is 45.5 Å². The van der Waals surface area contributed by atoms with E-state index in [1.165, 1.54) is 6.20 Å².